The largest absolute Gasteiger partial charge is 0.352 e. The fourth-order valence-electron chi connectivity index (χ4n) is 2.08. The van der Waals surface area contributed by atoms with Gasteiger partial charge in [-0.15, -0.1) is 0 Å². The molecule has 4 nitrogen and oxygen atoms in total. The first-order valence-corrected chi connectivity index (χ1v) is 9.06. The smallest absolute Gasteiger partial charge is 0.224 e. The molecule has 19 heavy (non-hydrogen) atoms. The summed E-state index contributed by atoms with van der Waals surface area (Å²) in [5.74, 6) is -0.427. The van der Waals surface area contributed by atoms with Crippen molar-refractivity contribution in [2.45, 2.75) is 18.3 Å². The van der Waals surface area contributed by atoms with Gasteiger partial charge in [0.05, 0.1) is 17.4 Å². The maximum absolute atomic E-state index is 11.8. The average Bonchev–Trinajstić information content (AvgIpc) is 2.77. The summed E-state index contributed by atoms with van der Waals surface area (Å²) in [5.41, 5.74) is 2.19. The van der Waals surface area contributed by atoms with Crippen molar-refractivity contribution in [3.8, 4) is 0 Å². The van der Waals surface area contributed by atoms with Crippen LogP contribution in [0.4, 0.5) is 0 Å². The highest BCUT2D eigenvalue weighted by molar-refractivity contribution is 9.08. The third-order valence-corrected chi connectivity index (χ3v) is 5.66. The van der Waals surface area contributed by atoms with Crippen LogP contribution in [0.25, 0.3) is 0 Å². The Morgan fingerprint density at radius 1 is 1.26 bits per heavy atom. The summed E-state index contributed by atoms with van der Waals surface area (Å²) in [6.07, 6.45) is 0.441. The zero-order chi connectivity index (χ0) is 13.9. The predicted molar refractivity (Wildman–Crippen MR) is 77.7 cm³/mol. The molecule has 0 radical (unpaired) electrons. The number of halogens is 1. The van der Waals surface area contributed by atoms with Gasteiger partial charge in [-0.25, -0.2) is 8.42 Å². The molecule has 0 saturated carbocycles. The Hall–Kier alpha value is -0.880. The number of carbonyl (C=O) groups is 1. The second kappa shape index (κ2) is 6.05. The molecule has 1 amide bonds. The minimum atomic E-state index is -3.00. The second-order valence-corrected chi connectivity index (χ2v) is 7.56. The molecule has 1 saturated heterocycles. The Morgan fingerprint density at radius 2 is 1.89 bits per heavy atom. The van der Waals surface area contributed by atoms with Gasteiger partial charge in [0.25, 0.3) is 0 Å². The molecule has 1 aliphatic heterocycles. The van der Waals surface area contributed by atoms with Crippen molar-refractivity contribution >= 4 is 31.7 Å². The van der Waals surface area contributed by atoms with E-state index < -0.39 is 9.84 Å². The molecule has 1 fully saturated rings. The molecular formula is C13H16BrNO3S. The number of hydrogen-bond donors (Lipinski definition) is 1. The average molecular weight is 346 g/mol. The van der Waals surface area contributed by atoms with Crippen molar-refractivity contribution in [3.05, 3.63) is 35.4 Å². The SMILES string of the molecule is O=C(NCc1ccc(CBr)cc1)C1CCS(=O)(=O)C1. The monoisotopic (exact) mass is 345 g/mol. The van der Waals surface area contributed by atoms with E-state index in [9.17, 15) is 13.2 Å². The van der Waals surface area contributed by atoms with E-state index in [2.05, 4.69) is 21.2 Å². The van der Waals surface area contributed by atoms with Crippen LogP contribution < -0.4 is 5.32 Å². The first kappa shape index (κ1) is 14.5. The predicted octanol–water partition coefficient (Wildman–Crippen LogP) is 1.63. The zero-order valence-corrected chi connectivity index (χ0v) is 12.8. The molecule has 1 aromatic carbocycles. The summed E-state index contributed by atoms with van der Waals surface area (Å²) in [6, 6.07) is 7.91. The molecule has 104 valence electrons. The van der Waals surface area contributed by atoms with Gasteiger partial charge in [-0.2, -0.15) is 0 Å². The summed E-state index contributed by atoms with van der Waals surface area (Å²) in [4.78, 5) is 11.8. The molecule has 1 aliphatic rings. The Kier molecular flexibility index (Phi) is 4.62. The van der Waals surface area contributed by atoms with Crippen LogP contribution >= 0.6 is 15.9 Å². The van der Waals surface area contributed by atoms with Gasteiger partial charge in [-0.05, 0) is 17.5 Å². The van der Waals surface area contributed by atoms with E-state index in [1.54, 1.807) is 0 Å². The molecule has 1 unspecified atom stereocenters. The number of amides is 1. The van der Waals surface area contributed by atoms with Crippen LogP contribution in [0, 0.1) is 5.92 Å². The van der Waals surface area contributed by atoms with E-state index in [-0.39, 0.29) is 23.3 Å². The van der Waals surface area contributed by atoms with Crippen molar-refractivity contribution in [2.75, 3.05) is 11.5 Å². The van der Waals surface area contributed by atoms with Crippen LogP contribution in [-0.4, -0.2) is 25.8 Å². The number of hydrogen-bond acceptors (Lipinski definition) is 3. The minimum absolute atomic E-state index is 0.0125. The fraction of sp³-hybridized carbons (Fsp3) is 0.462. The number of rotatable bonds is 4. The molecule has 1 N–H and O–H groups in total. The minimum Gasteiger partial charge on any atom is -0.352 e. The Labute approximate surface area is 121 Å². The number of benzene rings is 1. The fourth-order valence-corrected chi connectivity index (χ4v) is 4.20. The van der Waals surface area contributed by atoms with E-state index in [1.807, 2.05) is 24.3 Å². The Morgan fingerprint density at radius 3 is 2.42 bits per heavy atom. The second-order valence-electron chi connectivity index (χ2n) is 4.77. The highest BCUT2D eigenvalue weighted by atomic mass is 79.9. The van der Waals surface area contributed by atoms with Crippen LogP contribution in [0.1, 0.15) is 17.5 Å². The summed E-state index contributed by atoms with van der Waals surface area (Å²) >= 11 is 3.37. The third kappa shape index (κ3) is 4.04. The first-order valence-electron chi connectivity index (χ1n) is 6.12. The van der Waals surface area contributed by atoms with Crippen LogP contribution in [0.3, 0.4) is 0 Å². The molecule has 0 spiro atoms. The molecule has 0 aliphatic carbocycles. The molecule has 1 heterocycles. The number of carbonyl (C=O) groups excluding carboxylic acids is 1. The quantitative estimate of drug-likeness (QED) is 0.843. The summed E-state index contributed by atoms with van der Waals surface area (Å²) < 4.78 is 22.6. The van der Waals surface area contributed by atoms with E-state index in [1.165, 1.54) is 5.56 Å². The van der Waals surface area contributed by atoms with E-state index in [4.69, 9.17) is 0 Å². The van der Waals surface area contributed by atoms with Gasteiger partial charge >= 0.3 is 0 Å². The standard InChI is InChI=1S/C13H16BrNO3S/c14-7-10-1-3-11(4-2-10)8-15-13(16)12-5-6-19(17,18)9-12/h1-4,12H,5-9H2,(H,15,16). The van der Waals surface area contributed by atoms with Gasteiger partial charge in [0, 0.05) is 11.9 Å². The topological polar surface area (TPSA) is 63.2 Å². The lowest BCUT2D eigenvalue weighted by Crippen LogP contribution is -2.30. The van der Waals surface area contributed by atoms with Crippen LogP contribution in [0.2, 0.25) is 0 Å². The molecule has 0 aromatic heterocycles. The normalized spacial score (nSPS) is 21.2. The van der Waals surface area contributed by atoms with Gasteiger partial charge < -0.3 is 5.32 Å². The van der Waals surface area contributed by atoms with Crippen molar-refractivity contribution in [3.63, 3.8) is 0 Å². The van der Waals surface area contributed by atoms with Gasteiger partial charge in [-0.3, -0.25) is 4.79 Å². The van der Waals surface area contributed by atoms with E-state index in [0.29, 0.717) is 13.0 Å². The maximum atomic E-state index is 11.8. The van der Waals surface area contributed by atoms with Crippen molar-refractivity contribution < 1.29 is 13.2 Å². The lowest BCUT2D eigenvalue weighted by Gasteiger charge is -2.09. The number of nitrogens with one attached hydrogen (secondary N) is 1. The van der Waals surface area contributed by atoms with Crippen molar-refractivity contribution in [2.24, 2.45) is 5.92 Å². The van der Waals surface area contributed by atoms with Gasteiger partial charge in [0.15, 0.2) is 9.84 Å². The highest BCUT2D eigenvalue weighted by Gasteiger charge is 2.32. The lowest BCUT2D eigenvalue weighted by atomic mass is 10.1. The lowest BCUT2D eigenvalue weighted by molar-refractivity contribution is -0.124. The van der Waals surface area contributed by atoms with E-state index >= 15 is 0 Å². The van der Waals surface area contributed by atoms with Gasteiger partial charge in [0.2, 0.25) is 5.91 Å². The first-order chi connectivity index (χ1) is 9.00. The molecule has 1 atom stereocenters. The van der Waals surface area contributed by atoms with Crippen molar-refractivity contribution in [1.29, 1.82) is 0 Å². The zero-order valence-electron chi connectivity index (χ0n) is 10.4. The molecular weight excluding hydrogens is 330 g/mol. The van der Waals surface area contributed by atoms with Crippen LogP contribution in [-0.2, 0) is 26.5 Å². The highest BCUT2D eigenvalue weighted by Crippen LogP contribution is 2.18. The van der Waals surface area contributed by atoms with Gasteiger partial charge in [-0.1, -0.05) is 40.2 Å². The summed E-state index contributed by atoms with van der Waals surface area (Å²) in [6.45, 7) is 0.442. The third-order valence-electron chi connectivity index (χ3n) is 3.25. The molecule has 1 aromatic rings. The molecule has 0 bridgehead atoms. The molecule has 6 heteroatoms. The summed E-state index contributed by atoms with van der Waals surface area (Å²) in [7, 11) is -3.00. The number of alkyl halides is 1. The number of sulfone groups is 1. The molecule has 2 rings (SSSR count). The summed E-state index contributed by atoms with van der Waals surface area (Å²) in [5, 5.41) is 3.61. The van der Waals surface area contributed by atoms with Crippen LogP contribution in [0.15, 0.2) is 24.3 Å². The van der Waals surface area contributed by atoms with Gasteiger partial charge in [0.1, 0.15) is 0 Å². The van der Waals surface area contributed by atoms with Crippen LogP contribution in [0.5, 0.6) is 0 Å². The Balaban J connectivity index is 1.86. The van der Waals surface area contributed by atoms with Crippen molar-refractivity contribution in [1.82, 2.24) is 5.32 Å². The maximum Gasteiger partial charge on any atom is 0.224 e. The van der Waals surface area contributed by atoms with E-state index in [0.717, 1.165) is 10.9 Å². The Bertz CT molecular complexity index is 554.